The monoisotopic (exact) mass is 313 g/mol. The molecule has 2 aromatic rings. The van der Waals surface area contributed by atoms with Gasteiger partial charge >= 0.3 is 0 Å². The van der Waals surface area contributed by atoms with Gasteiger partial charge in [0.15, 0.2) is 0 Å². The Labute approximate surface area is 134 Å². The fraction of sp³-hybridized carbons (Fsp3) is 0.353. The third kappa shape index (κ3) is 4.04. The Bertz CT molecular complexity index is 667. The van der Waals surface area contributed by atoms with Crippen molar-refractivity contribution in [2.75, 3.05) is 6.61 Å². The smallest absolute Gasteiger partial charge is 0.249 e. The van der Waals surface area contributed by atoms with E-state index in [1.165, 1.54) is 0 Å². The second kappa shape index (κ2) is 7.19. The lowest BCUT2D eigenvalue weighted by Gasteiger charge is -2.13. The van der Waals surface area contributed by atoms with Gasteiger partial charge in [-0.25, -0.2) is 4.98 Å². The second-order valence-corrected chi connectivity index (χ2v) is 5.42. The van der Waals surface area contributed by atoms with Gasteiger partial charge in [-0.1, -0.05) is 6.07 Å². The Morgan fingerprint density at radius 1 is 1.39 bits per heavy atom. The van der Waals surface area contributed by atoms with Crippen LogP contribution in [0.2, 0.25) is 0 Å². The first-order chi connectivity index (χ1) is 11.2. The molecule has 0 unspecified atom stereocenters. The molecule has 1 N–H and O–H groups in total. The SMILES string of the molecule is Cc1ccc(Oc2ncccc2CNC(=O)[C@H]2CCCO2)cn1. The van der Waals surface area contributed by atoms with Gasteiger partial charge in [-0.15, -0.1) is 0 Å². The molecule has 1 aliphatic heterocycles. The highest BCUT2D eigenvalue weighted by Gasteiger charge is 2.23. The van der Waals surface area contributed by atoms with Crippen molar-refractivity contribution in [2.45, 2.75) is 32.4 Å². The number of amides is 1. The molecule has 1 atom stereocenters. The van der Waals surface area contributed by atoms with Gasteiger partial charge in [-0.3, -0.25) is 9.78 Å². The van der Waals surface area contributed by atoms with Gasteiger partial charge in [0.25, 0.3) is 0 Å². The highest BCUT2D eigenvalue weighted by Crippen LogP contribution is 2.22. The number of nitrogens with zero attached hydrogens (tertiary/aromatic N) is 2. The van der Waals surface area contributed by atoms with E-state index in [1.807, 2.05) is 31.2 Å². The molecule has 1 aliphatic rings. The fourth-order valence-corrected chi connectivity index (χ4v) is 2.36. The van der Waals surface area contributed by atoms with E-state index >= 15 is 0 Å². The average molecular weight is 313 g/mol. The van der Waals surface area contributed by atoms with Crippen LogP contribution in [0.3, 0.4) is 0 Å². The van der Waals surface area contributed by atoms with Crippen molar-refractivity contribution in [1.82, 2.24) is 15.3 Å². The lowest BCUT2D eigenvalue weighted by Crippen LogP contribution is -2.33. The second-order valence-electron chi connectivity index (χ2n) is 5.42. The number of aromatic nitrogens is 2. The largest absolute Gasteiger partial charge is 0.437 e. The summed E-state index contributed by atoms with van der Waals surface area (Å²) in [7, 11) is 0. The summed E-state index contributed by atoms with van der Waals surface area (Å²) in [6.45, 7) is 2.91. The number of aryl methyl sites for hydroxylation is 1. The van der Waals surface area contributed by atoms with E-state index < -0.39 is 0 Å². The van der Waals surface area contributed by atoms with Gasteiger partial charge < -0.3 is 14.8 Å². The minimum atomic E-state index is -0.336. The minimum Gasteiger partial charge on any atom is -0.437 e. The number of carbonyl (C=O) groups is 1. The molecular weight excluding hydrogens is 294 g/mol. The van der Waals surface area contributed by atoms with Crippen LogP contribution in [-0.4, -0.2) is 28.6 Å². The van der Waals surface area contributed by atoms with Crippen molar-refractivity contribution in [1.29, 1.82) is 0 Å². The number of nitrogens with one attached hydrogen (secondary N) is 1. The maximum atomic E-state index is 12.0. The molecule has 0 saturated carbocycles. The van der Waals surface area contributed by atoms with E-state index in [9.17, 15) is 4.79 Å². The zero-order valence-electron chi connectivity index (χ0n) is 13.0. The van der Waals surface area contributed by atoms with Crippen molar-refractivity contribution in [3.8, 4) is 11.6 Å². The Balaban J connectivity index is 1.65. The molecule has 23 heavy (non-hydrogen) atoms. The quantitative estimate of drug-likeness (QED) is 0.917. The van der Waals surface area contributed by atoms with Crippen LogP contribution in [0.5, 0.6) is 11.6 Å². The standard InChI is InChI=1S/C17H19N3O3/c1-12-6-7-14(11-19-12)23-17-13(4-2-8-18-17)10-20-16(21)15-5-3-9-22-15/h2,4,6-8,11,15H,3,5,9-10H2,1H3,(H,20,21)/t15-/m1/s1. The predicted octanol–water partition coefficient (Wildman–Crippen LogP) is 2.37. The fourth-order valence-electron chi connectivity index (χ4n) is 2.36. The summed E-state index contributed by atoms with van der Waals surface area (Å²) in [6.07, 6.45) is 4.68. The maximum Gasteiger partial charge on any atom is 0.249 e. The molecule has 0 radical (unpaired) electrons. The number of hydrogen-bond donors (Lipinski definition) is 1. The molecule has 6 heteroatoms. The molecule has 3 rings (SSSR count). The minimum absolute atomic E-state index is 0.0886. The molecule has 6 nitrogen and oxygen atoms in total. The van der Waals surface area contributed by atoms with Crippen molar-refractivity contribution in [2.24, 2.45) is 0 Å². The number of pyridine rings is 2. The number of ether oxygens (including phenoxy) is 2. The van der Waals surface area contributed by atoms with E-state index in [0.717, 1.165) is 24.1 Å². The third-order valence-electron chi connectivity index (χ3n) is 3.62. The number of hydrogen-bond acceptors (Lipinski definition) is 5. The summed E-state index contributed by atoms with van der Waals surface area (Å²) < 4.78 is 11.1. The predicted molar refractivity (Wildman–Crippen MR) is 84.1 cm³/mol. The van der Waals surface area contributed by atoms with Crippen LogP contribution >= 0.6 is 0 Å². The van der Waals surface area contributed by atoms with E-state index in [0.29, 0.717) is 24.8 Å². The molecular formula is C17H19N3O3. The Morgan fingerprint density at radius 2 is 2.30 bits per heavy atom. The molecule has 0 aliphatic carbocycles. The molecule has 0 spiro atoms. The number of rotatable bonds is 5. The Morgan fingerprint density at radius 3 is 3.04 bits per heavy atom. The summed E-state index contributed by atoms with van der Waals surface area (Å²) >= 11 is 0. The topological polar surface area (TPSA) is 73.3 Å². The van der Waals surface area contributed by atoms with E-state index in [2.05, 4.69) is 15.3 Å². The summed E-state index contributed by atoms with van der Waals surface area (Å²) in [5.41, 5.74) is 1.72. The molecule has 2 aromatic heterocycles. The summed E-state index contributed by atoms with van der Waals surface area (Å²) in [5, 5.41) is 2.88. The lowest BCUT2D eigenvalue weighted by molar-refractivity contribution is -0.130. The Kier molecular flexibility index (Phi) is 4.83. The third-order valence-corrected chi connectivity index (χ3v) is 3.62. The van der Waals surface area contributed by atoms with Gasteiger partial charge in [-0.05, 0) is 38.0 Å². The van der Waals surface area contributed by atoms with Gasteiger partial charge in [0, 0.05) is 30.6 Å². The van der Waals surface area contributed by atoms with Crippen molar-refractivity contribution >= 4 is 5.91 Å². The van der Waals surface area contributed by atoms with Crippen LogP contribution in [0.4, 0.5) is 0 Å². The van der Waals surface area contributed by atoms with Gasteiger partial charge in [-0.2, -0.15) is 0 Å². The molecule has 3 heterocycles. The highest BCUT2D eigenvalue weighted by atomic mass is 16.5. The van der Waals surface area contributed by atoms with E-state index in [-0.39, 0.29) is 12.0 Å². The molecule has 0 aromatic carbocycles. The van der Waals surface area contributed by atoms with Crippen molar-refractivity contribution in [3.63, 3.8) is 0 Å². The Hall–Kier alpha value is -2.47. The van der Waals surface area contributed by atoms with E-state index in [4.69, 9.17) is 9.47 Å². The first kappa shape index (κ1) is 15.4. The lowest BCUT2D eigenvalue weighted by atomic mass is 10.2. The normalized spacial score (nSPS) is 17.0. The van der Waals surface area contributed by atoms with E-state index in [1.54, 1.807) is 12.4 Å². The summed E-state index contributed by atoms with van der Waals surface area (Å²) in [5.74, 6) is 0.987. The zero-order valence-corrected chi connectivity index (χ0v) is 13.0. The van der Waals surface area contributed by atoms with Crippen LogP contribution in [0, 0.1) is 6.92 Å². The number of carbonyl (C=O) groups excluding carboxylic acids is 1. The average Bonchev–Trinajstić information content (AvgIpc) is 3.10. The van der Waals surface area contributed by atoms with Crippen molar-refractivity contribution in [3.05, 3.63) is 47.9 Å². The first-order valence-corrected chi connectivity index (χ1v) is 7.66. The zero-order chi connectivity index (χ0) is 16.1. The molecule has 1 fully saturated rings. The van der Waals surface area contributed by atoms with Gasteiger partial charge in [0.05, 0.1) is 6.20 Å². The molecule has 1 saturated heterocycles. The highest BCUT2D eigenvalue weighted by molar-refractivity contribution is 5.80. The molecule has 0 bridgehead atoms. The van der Waals surface area contributed by atoms with Crippen LogP contribution in [-0.2, 0) is 16.1 Å². The van der Waals surface area contributed by atoms with Gasteiger partial charge in [0.2, 0.25) is 11.8 Å². The summed E-state index contributed by atoms with van der Waals surface area (Å²) in [6, 6.07) is 7.40. The first-order valence-electron chi connectivity index (χ1n) is 7.66. The van der Waals surface area contributed by atoms with Crippen LogP contribution in [0.25, 0.3) is 0 Å². The van der Waals surface area contributed by atoms with Crippen LogP contribution < -0.4 is 10.1 Å². The summed E-state index contributed by atoms with van der Waals surface area (Å²) in [4.78, 5) is 20.5. The van der Waals surface area contributed by atoms with Crippen molar-refractivity contribution < 1.29 is 14.3 Å². The van der Waals surface area contributed by atoms with Crippen LogP contribution in [0.15, 0.2) is 36.7 Å². The molecule has 120 valence electrons. The van der Waals surface area contributed by atoms with Crippen LogP contribution in [0.1, 0.15) is 24.1 Å². The van der Waals surface area contributed by atoms with Gasteiger partial charge in [0.1, 0.15) is 11.9 Å². The molecule has 1 amide bonds. The maximum absolute atomic E-state index is 12.0.